The monoisotopic (exact) mass is 381 g/mol. The normalized spacial score (nSPS) is 10.6. The number of H-pyrrole nitrogens is 1. The van der Waals surface area contributed by atoms with Crippen molar-refractivity contribution in [2.24, 2.45) is 0 Å². The minimum atomic E-state index is -0.0647. The zero-order valence-corrected chi connectivity index (χ0v) is 16.3. The van der Waals surface area contributed by atoms with Crippen LogP contribution in [0.3, 0.4) is 0 Å². The molecule has 0 radical (unpaired) electrons. The second kappa shape index (κ2) is 9.23. The molecule has 140 valence electrons. The fourth-order valence-electron chi connectivity index (χ4n) is 2.63. The van der Waals surface area contributed by atoms with E-state index in [0.29, 0.717) is 11.7 Å². The first-order valence-corrected chi connectivity index (χ1v) is 9.85. The summed E-state index contributed by atoms with van der Waals surface area (Å²) in [5.41, 5.74) is 4.22. The van der Waals surface area contributed by atoms with Crippen LogP contribution in [0.1, 0.15) is 23.9 Å². The molecular formula is C20H23N5OS. The van der Waals surface area contributed by atoms with Gasteiger partial charge in [-0.05, 0) is 42.7 Å². The molecule has 6 nitrogen and oxygen atoms in total. The summed E-state index contributed by atoms with van der Waals surface area (Å²) in [6.07, 6.45) is 0.877. The van der Waals surface area contributed by atoms with Gasteiger partial charge in [0.2, 0.25) is 11.1 Å². The molecule has 0 aliphatic heterocycles. The number of anilines is 2. The van der Waals surface area contributed by atoms with E-state index in [4.69, 9.17) is 0 Å². The van der Waals surface area contributed by atoms with Crippen LogP contribution in [0.15, 0.2) is 53.7 Å². The van der Waals surface area contributed by atoms with E-state index in [0.717, 1.165) is 29.2 Å². The Labute approximate surface area is 163 Å². The molecular weight excluding hydrogens is 358 g/mol. The van der Waals surface area contributed by atoms with Gasteiger partial charge in [0, 0.05) is 11.4 Å². The summed E-state index contributed by atoms with van der Waals surface area (Å²) in [5, 5.41) is 13.9. The SMILES string of the molecule is CCc1ccccc1NC(=O)CSc1n[nH]c(CNc2cccc(C)c2)n1. The number of carbonyl (C=O) groups excluding carboxylic acids is 1. The summed E-state index contributed by atoms with van der Waals surface area (Å²) in [6, 6.07) is 16.0. The predicted octanol–water partition coefficient (Wildman–Crippen LogP) is 4.02. The van der Waals surface area contributed by atoms with Gasteiger partial charge in [0.15, 0.2) is 0 Å². The molecule has 27 heavy (non-hydrogen) atoms. The first-order valence-electron chi connectivity index (χ1n) is 8.86. The number of aryl methyl sites for hydroxylation is 2. The summed E-state index contributed by atoms with van der Waals surface area (Å²) >= 11 is 1.31. The largest absolute Gasteiger partial charge is 0.378 e. The van der Waals surface area contributed by atoms with E-state index < -0.39 is 0 Å². The van der Waals surface area contributed by atoms with Crippen molar-refractivity contribution in [2.75, 3.05) is 16.4 Å². The Morgan fingerprint density at radius 2 is 2.04 bits per heavy atom. The highest BCUT2D eigenvalue weighted by Crippen LogP contribution is 2.18. The summed E-state index contributed by atoms with van der Waals surface area (Å²) in [7, 11) is 0. The number of carbonyl (C=O) groups is 1. The predicted molar refractivity (Wildman–Crippen MR) is 110 cm³/mol. The Balaban J connectivity index is 1.48. The fraction of sp³-hybridized carbons (Fsp3) is 0.250. The lowest BCUT2D eigenvalue weighted by Gasteiger charge is -2.08. The van der Waals surface area contributed by atoms with Crippen LogP contribution in [0.5, 0.6) is 0 Å². The molecule has 3 aromatic rings. The molecule has 0 atom stereocenters. The maximum absolute atomic E-state index is 12.2. The first-order chi connectivity index (χ1) is 13.1. The summed E-state index contributed by atoms with van der Waals surface area (Å²) < 4.78 is 0. The summed E-state index contributed by atoms with van der Waals surface area (Å²) in [6.45, 7) is 4.67. The van der Waals surface area contributed by atoms with Crippen molar-refractivity contribution in [2.45, 2.75) is 32.0 Å². The second-order valence-electron chi connectivity index (χ2n) is 6.14. The van der Waals surface area contributed by atoms with Gasteiger partial charge in [0.1, 0.15) is 5.82 Å². The van der Waals surface area contributed by atoms with Crippen molar-refractivity contribution < 1.29 is 4.79 Å². The first kappa shape index (κ1) is 19.0. The summed E-state index contributed by atoms with van der Waals surface area (Å²) in [5.74, 6) is 0.932. The minimum Gasteiger partial charge on any atom is -0.378 e. The van der Waals surface area contributed by atoms with Gasteiger partial charge >= 0.3 is 0 Å². The Morgan fingerprint density at radius 1 is 1.19 bits per heavy atom. The van der Waals surface area contributed by atoms with Crippen LogP contribution >= 0.6 is 11.8 Å². The topological polar surface area (TPSA) is 82.7 Å². The van der Waals surface area contributed by atoms with Gasteiger partial charge in [0.05, 0.1) is 12.3 Å². The van der Waals surface area contributed by atoms with Crippen molar-refractivity contribution in [1.29, 1.82) is 0 Å². The number of nitrogens with one attached hydrogen (secondary N) is 3. The van der Waals surface area contributed by atoms with Gasteiger partial charge in [-0.15, -0.1) is 5.10 Å². The number of benzene rings is 2. The van der Waals surface area contributed by atoms with Crippen LogP contribution in [0, 0.1) is 6.92 Å². The number of hydrogen-bond acceptors (Lipinski definition) is 5. The van der Waals surface area contributed by atoms with Gasteiger partial charge in [0.25, 0.3) is 0 Å². The maximum Gasteiger partial charge on any atom is 0.234 e. The maximum atomic E-state index is 12.2. The molecule has 0 bridgehead atoms. The molecule has 0 aliphatic carbocycles. The number of hydrogen-bond donors (Lipinski definition) is 3. The van der Waals surface area contributed by atoms with E-state index in [1.165, 1.54) is 17.3 Å². The molecule has 0 unspecified atom stereocenters. The standard InChI is InChI=1S/C20H23N5OS/c1-3-15-8-4-5-10-17(15)22-19(26)13-27-20-23-18(24-25-20)12-21-16-9-6-7-14(2)11-16/h4-11,21H,3,12-13H2,1-2H3,(H,22,26)(H,23,24,25). The highest BCUT2D eigenvalue weighted by Gasteiger charge is 2.09. The van der Waals surface area contributed by atoms with Gasteiger partial charge < -0.3 is 10.6 Å². The highest BCUT2D eigenvalue weighted by molar-refractivity contribution is 7.99. The molecule has 2 aromatic carbocycles. The van der Waals surface area contributed by atoms with Crippen molar-refractivity contribution >= 4 is 29.0 Å². The number of nitrogens with zero attached hydrogens (tertiary/aromatic N) is 2. The van der Waals surface area contributed by atoms with Gasteiger partial charge in [-0.1, -0.05) is 49.0 Å². The number of rotatable bonds is 8. The molecule has 3 N–H and O–H groups in total. The van der Waals surface area contributed by atoms with Gasteiger partial charge in [-0.2, -0.15) is 0 Å². The molecule has 0 aliphatic rings. The summed E-state index contributed by atoms with van der Waals surface area (Å²) in [4.78, 5) is 16.6. The fourth-order valence-corrected chi connectivity index (χ4v) is 3.25. The molecule has 1 amide bonds. The highest BCUT2D eigenvalue weighted by atomic mass is 32.2. The van der Waals surface area contributed by atoms with Crippen LogP contribution in [0.4, 0.5) is 11.4 Å². The zero-order valence-electron chi connectivity index (χ0n) is 15.5. The van der Waals surface area contributed by atoms with E-state index in [9.17, 15) is 4.79 Å². The van der Waals surface area contributed by atoms with Crippen LogP contribution in [0.25, 0.3) is 0 Å². The minimum absolute atomic E-state index is 0.0647. The van der Waals surface area contributed by atoms with E-state index >= 15 is 0 Å². The molecule has 0 saturated carbocycles. The molecule has 0 saturated heterocycles. The number of thioether (sulfide) groups is 1. The Morgan fingerprint density at radius 3 is 2.85 bits per heavy atom. The van der Waals surface area contributed by atoms with E-state index in [2.05, 4.69) is 51.8 Å². The lowest BCUT2D eigenvalue weighted by molar-refractivity contribution is -0.113. The van der Waals surface area contributed by atoms with Crippen LogP contribution in [-0.4, -0.2) is 26.8 Å². The Hall–Kier alpha value is -2.80. The third-order valence-electron chi connectivity index (χ3n) is 3.99. The van der Waals surface area contributed by atoms with E-state index in [-0.39, 0.29) is 11.7 Å². The van der Waals surface area contributed by atoms with E-state index in [1.807, 2.05) is 36.4 Å². The molecule has 7 heteroatoms. The molecule has 1 heterocycles. The molecule has 3 rings (SSSR count). The van der Waals surface area contributed by atoms with Crippen molar-refractivity contribution in [3.05, 3.63) is 65.5 Å². The van der Waals surface area contributed by atoms with Crippen molar-refractivity contribution in [3.63, 3.8) is 0 Å². The molecule has 0 spiro atoms. The van der Waals surface area contributed by atoms with Crippen LogP contribution in [-0.2, 0) is 17.8 Å². The smallest absolute Gasteiger partial charge is 0.234 e. The number of para-hydroxylation sites is 1. The number of aromatic amines is 1. The Bertz CT molecular complexity index is 909. The Kier molecular flexibility index (Phi) is 6.49. The van der Waals surface area contributed by atoms with Crippen LogP contribution in [0.2, 0.25) is 0 Å². The average Bonchev–Trinajstić information content (AvgIpc) is 3.13. The van der Waals surface area contributed by atoms with Crippen molar-refractivity contribution in [3.8, 4) is 0 Å². The number of aromatic nitrogens is 3. The van der Waals surface area contributed by atoms with Crippen LogP contribution < -0.4 is 10.6 Å². The van der Waals surface area contributed by atoms with Gasteiger partial charge in [-0.3, -0.25) is 9.89 Å². The third-order valence-corrected chi connectivity index (χ3v) is 4.84. The molecule has 1 aromatic heterocycles. The lowest BCUT2D eigenvalue weighted by Crippen LogP contribution is -2.15. The number of amides is 1. The lowest BCUT2D eigenvalue weighted by atomic mass is 10.1. The quantitative estimate of drug-likeness (QED) is 0.513. The van der Waals surface area contributed by atoms with Gasteiger partial charge in [-0.25, -0.2) is 4.98 Å². The second-order valence-corrected chi connectivity index (χ2v) is 7.08. The zero-order chi connectivity index (χ0) is 19.1. The molecule has 0 fully saturated rings. The van der Waals surface area contributed by atoms with Crippen molar-refractivity contribution in [1.82, 2.24) is 15.2 Å². The average molecular weight is 382 g/mol. The third kappa shape index (κ3) is 5.59. The van der Waals surface area contributed by atoms with E-state index in [1.54, 1.807) is 0 Å².